The number of benzene rings is 3. The molecule has 0 saturated heterocycles. The molecule has 0 fully saturated rings. The number of carbonyl (C=O) groups is 1. The second-order valence-corrected chi connectivity index (χ2v) is 7.74. The van der Waals surface area contributed by atoms with Crippen LogP contribution in [0.4, 0.5) is 5.69 Å². The van der Waals surface area contributed by atoms with E-state index in [2.05, 4.69) is 67.7 Å². The van der Waals surface area contributed by atoms with Gasteiger partial charge in [-0.15, -0.1) is 0 Å². The van der Waals surface area contributed by atoms with Gasteiger partial charge in [0.2, 0.25) is 0 Å². The number of nitrogens with one attached hydrogen (secondary N) is 1. The van der Waals surface area contributed by atoms with E-state index in [-0.39, 0.29) is 12.5 Å². The fraction of sp³-hybridized carbons (Fsp3) is 0.240. The van der Waals surface area contributed by atoms with E-state index in [9.17, 15) is 4.79 Å². The van der Waals surface area contributed by atoms with Crippen molar-refractivity contribution in [3.8, 4) is 16.9 Å². The molecule has 1 N–H and O–H groups in total. The zero-order chi connectivity index (χ0) is 19.7. The molecule has 3 aromatic carbocycles. The van der Waals surface area contributed by atoms with Crippen LogP contribution in [0.3, 0.4) is 0 Å². The molecule has 3 nitrogen and oxygen atoms in total. The average molecular weight is 371 g/mol. The van der Waals surface area contributed by atoms with Crippen LogP contribution in [0.2, 0.25) is 0 Å². The Balaban J connectivity index is 1.43. The maximum absolute atomic E-state index is 12.4. The number of ether oxygens (including phenoxy) is 1. The van der Waals surface area contributed by atoms with Crippen LogP contribution >= 0.6 is 0 Å². The first-order valence-corrected chi connectivity index (χ1v) is 9.75. The smallest absolute Gasteiger partial charge is 0.262 e. The lowest BCUT2D eigenvalue weighted by atomic mass is 10.0. The lowest BCUT2D eigenvalue weighted by Crippen LogP contribution is -2.20. The molecule has 4 rings (SSSR count). The van der Waals surface area contributed by atoms with Gasteiger partial charge in [-0.2, -0.15) is 0 Å². The van der Waals surface area contributed by atoms with Gasteiger partial charge in [0.25, 0.3) is 5.91 Å². The van der Waals surface area contributed by atoms with Crippen LogP contribution in [0, 0.1) is 6.92 Å². The van der Waals surface area contributed by atoms with Crippen molar-refractivity contribution in [1.82, 2.24) is 0 Å². The molecule has 0 atom stereocenters. The second kappa shape index (κ2) is 7.51. The van der Waals surface area contributed by atoms with Crippen LogP contribution in [0.5, 0.6) is 5.75 Å². The standard InChI is InChI=1S/C25H25NO2/c1-16(2)21-10-8-17(3)12-24(21)28-15-25(27)26-20-9-11-23-19(14-20)13-18-6-4-5-7-22(18)23/h4-12,14,16H,13,15H2,1-3H3,(H,26,27). The monoisotopic (exact) mass is 371 g/mol. The minimum absolute atomic E-state index is 0.000480. The van der Waals surface area contributed by atoms with Gasteiger partial charge < -0.3 is 10.1 Å². The van der Waals surface area contributed by atoms with Gasteiger partial charge in [-0.3, -0.25) is 4.79 Å². The minimum Gasteiger partial charge on any atom is -0.483 e. The number of carbonyl (C=O) groups excluding carboxylic acids is 1. The van der Waals surface area contributed by atoms with Crippen LogP contribution in [-0.2, 0) is 11.2 Å². The Morgan fingerprint density at radius 1 is 1.00 bits per heavy atom. The highest BCUT2D eigenvalue weighted by Crippen LogP contribution is 2.37. The molecule has 1 aliphatic rings. The van der Waals surface area contributed by atoms with Gasteiger partial charge in [0.05, 0.1) is 0 Å². The SMILES string of the molecule is Cc1ccc(C(C)C)c(OCC(=O)Nc2ccc3c(c2)Cc2ccccc2-3)c1. The summed E-state index contributed by atoms with van der Waals surface area (Å²) in [7, 11) is 0. The molecular weight excluding hydrogens is 346 g/mol. The Bertz CT molecular complexity index is 1040. The van der Waals surface area contributed by atoms with Gasteiger partial charge in [-0.1, -0.05) is 56.3 Å². The lowest BCUT2D eigenvalue weighted by molar-refractivity contribution is -0.118. The van der Waals surface area contributed by atoms with E-state index in [0.717, 1.165) is 29.0 Å². The summed E-state index contributed by atoms with van der Waals surface area (Å²) in [5.41, 5.74) is 8.19. The Labute approximate surface area is 166 Å². The van der Waals surface area contributed by atoms with E-state index >= 15 is 0 Å². The molecule has 0 spiro atoms. The predicted octanol–water partition coefficient (Wildman–Crippen LogP) is 5.71. The molecular formula is C25H25NO2. The number of anilines is 1. The Morgan fingerprint density at radius 3 is 2.61 bits per heavy atom. The van der Waals surface area contributed by atoms with Crippen LogP contribution in [0.25, 0.3) is 11.1 Å². The summed E-state index contributed by atoms with van der Waals surface area (Å²) in [5.74, 6) is 0.984. The van der Waals surface area contributed by atoms with Crippen molar-refractivity contribution in [2.24, 2.45) is 0 Å². The van der Waals surface area contributed by atoms with E-state index in [1.807, 2.05) is 19.1 Å². The summed E-state index contributed by atoms with van der Waals surface area (Å²) in [4.78, 5) is 12.4. The van der Waals surface area contributed by atoms with Crippen LogP contribution in [-0.4, -0.2) is 12.5 Å². The van der Waals surface area contributed by atoms with Crippen molar-refractivity contribution in [2.45, 2.75) is 33.1 Å². The van der Waals surface area contributed by atoms with E-state index in [0.29, 0.717) is 5.92 Å². The Kier molecular flexibility index (Phi) is 4.91. The third-order valence-electron chi connectivity index (χ3n) is 5.23. The van der Waals surface area contributed by atoms with E-state index < -0.39 is 0 Å². The molecule has 0 bridgehead atoms. The number of rotatable bonds is 5. The van der Waals surface area contributed by atoms with Crippen molar-refractivity contribution < 1.29 is 9.53 Å². The van der Waals surface area contributed by atoms with Crippen molar-refractivity contribution in [3.63, 3.8) is 0 Å². The molecule has 0 aliphatic heterocycles. The fourth-order valence-electron chi connectivity index (χ4n) is 3.81. The molecule has 0 radical (unpaired) electrons. The fourth-order valence-corrected chi connectivity index (χ4v) is 3.81. The molecule has 3 aromatic rings. The molecule has 0 heterocycles. The minimum atomic E-state index is -0.147. The van der Waals surface area contributed by atoms with Crippen LogP contribution < -0.4 is 10.1 Å². The quantitative estimate of drug-likeness (QED) is 0.488. The normalized spacial score (nSPS) is 11.9. The predicted molar refractivity (Wildman–Crippen MR) is 114 cm³/mol. The van der Waals surface area contributed by atoms with Gasteiger partial charge in [-0.05, 0) is 70.8 Å². The lowest BCUT2D eigenvalue weighted by Gasteiger charge is -2.15. The molecule has 0 saturated carbocycles. The summed E-state index contributed by atoms with van der Waals surface area (Å²) in [5, 5.41) is 2.97. The van der Waals surface area contributed by atoms with Crippen molar-refractivity contribution in [2.75, 3.05) is 11.9 Å². The highest BCUT2D eigenvalue weighted by atomic mass is 16.5. The zero-order valence-corrected chi connectivity index (χ0v) is 16.6. The van der Waals surface area contributed by atoms with Crippen LogP contribution in [0.15, 0.2) is 60.7 Å². The highest BCUT2D eigenvalue weighted by Gasteiger charge is 2.18. The molecule has 28 heavy (non-hydrogen) atoms. The van der Waals surface area contributed by atoms with Gasteiger partial charge in [0, 0.05) is 5.69 Å². The summed E-state index contributed by atoms with van der Waals surface area (Å²) >= 11 is 0. The largest absolute Gasteiger partial charge is 0.483 e. The molecule has 0 unspecified atom stereocenters. The molecule has 3 heteroatoms. The van der Waals surface area contributed by atoms with Crippen molar-refractivity contribution in [3.05, 3.63) is 82.9 Å². The first kappa shape index (κ1) is 18.3. The first-order valence-electron chi connectivity index (χ1n) is 9.75. The number of fused-ring (bicyclic) bond motifs is 3. The average Bonchev–Trinajstić information content (AvgIpc) is 3.04. The van der Waals surface area contributed by atoms with E-state index in [1.165, 1.54) is 22.3 Å². The topological polar surface area (TPSA) is 38.3 Å². The van der Waals surface area contributed by atoms with Crippen LogP contribution in [0.1, 0.15) is 42.0 Å². The Morgan fingerprint density at radius 2 is 1.79 bits per heavy atom. The second-order valence-electron chi connectivity index (χ2n) is 7.74. The van der Waals surface area contributed by atoms with Crippen molar-refractivity contribution >= 4 is 11.6 Å². The Hall–Kier alpha value is -3.07. The summed E-state index contributed by atoms with van der Waals surface area (Å²) in [6, 6.07) is 20.7. The number of hydrogen-bond donors (Lipinski definition) is 1. The number of amides is 1. The summed E-state index contributed by atoms with van der Waals surface area (Å²) < 4.78 is 5.84. The van der Waals surface area contributed by atoms with Gasteiger partial charge >= 0.3 is 0 Å². The third kappa shape index (κ3) is 3.65. The third-order valence-corrected chi connectivity index (χ3v) is 5.23. The van der Waals surface area contributed by atoms with E-state index in [1.54, 1.807) is 0 Å². The highest BCUT2D eigenvalue weighted by molar-refractivity contribution is 5.93. The molecule has 0 aromatic heterocycles. The maximum atomic E-state index is 12.4. The van der Waals surface area contributed by atoms with Crippen molar-refractivity contribution in [1.29, 1.82) is 0 Å². The van der Waals surface area contributed by atoms with Gasteiger partial charge in [-0.25, -0.2) is 0 Å². The van der Waals surface area contributed by atoms with Gasteiger partial charge in [0.1, 0.15) is 5.75 Å². The summed E-state index contributed by atoms with van der Waals surface area (Å²) in [6.07, 6.45) is 0.909. The molecule has 142 valence electrons. The first-order chi connectivity index (χ1) is 13.5. The summed E-state index contributed by atoms with van der Waals surface area (Å²) in [6.45, 7) is 6.28. The maximum Gasteiger partial charge on any atom is 0.262 e. The van der Waals surface area contributed by atoms with Gasteiger partial charge in [0.15, 0.2) is 6.61 Å². The number of aryl methyl sites for hydroxylation is 1. The molecule has 1 amide bonds. The zero-order valence-electron chi connectivity index (χ0n) is 16.6. The number of hydrogen-bond acceptors (Lipinski definition) is 2. The van der Waals surface area contributed by atoms with E-state index in [4.69, 9.17) is 4.74 Å². The molecule has 1 aliphatic carbocycles.